The zero-order valence-electron chi connectivity index (χ0n) is 24.3. The minimum Gasteiger partial charge on any atom is -0.489 e. The molecule has 4 heterocycles. The standard InChI is InChI=1S/C32H36FN5O4/c1-32(2,3)42-31(40)34-23-5-4-10-36(18-23)30(39)21-14-24-28-27(16-21)41-12-11-37(28)29(35-24)26-15-20-13-22(33)8-9-25(20)38(26)17-19-6-7-19/h8-9,13-16,19,23H,4-7,10-12,17-18H2,1-3H3,(H,34,40)/t23-/m1/s1. The zero-order valence-corrected chi connectivity index (χ0v) is 24.3. The van der Waals surface area contributed by atoms with Gasteiger partial charge in [-0.25, -0.2) is 14.2 Å². The summed E-state index contributed by atoms with van der Waals surface area (Å²) in [5.74, 6) is 1.68. The summed E-state index contributed by atoms with van der Waals surface area (Å²) in [5.41, 5.74) is 3.43. The summed E-state index contributed by atoms with van der Waals surface area (Å²) in [7, 11) is 0. The highest BCUT2D eigenvalue weighted by Gasteiger charge is 2.31. The maximum Gasteiger partial charge on any atom is 0.407 e. The number of rotatable bonds is 5. The minimum atomic E-state index is -0.588. The van der Waals surface area contributed by atoms with Gasteiger partial charge in [0, 0.05) is 42.1 Å². The number of piperidine rings is 1. The Morgan fingerprint density at radius 3 is 2.74 bits per heavy atom. The Hall–Kier alpha value is -4.08. The summed E-state index contributed by atoms with van der Waals surface area (Å²) in [5, 5.41) is 3.77. The molecule has 10 heteroatoms. The van der Waals surface area contributed by atoms with E-state index in [2.05, 4.69) is 14.5 Å². The van der Waals surface area contributed by atoms with Crippen LogP contribution in [-0.2, 0) is 17.8 Å². The second-order valence-electron chi connectivity index (χ2n) is 12.8. The number of carbonyl (C=O) groups is 2. The third-order valence-corrected chi connectivity index (χ3v) is 8.29. The number of likely N-dealkylation sites (tertiary alicyclic amines) is 1. The van der Waals surface area contributed by atoms with Crippen molar-refractivity contribution < 1.29 is 23.5 Å². The number of alkyl carbamates (subject to hydrolysis) is 1. The van der Waals surface area contributed by atoms with E-state index in [1.807, 2.05) is 45.0 Å². The van der Waals surface area contributed by atoms with Crippen LogP contribution in [0.25, 0.3) is 33.5 Å². The Bertz CT molecular complexity index is 1710. The monoisotopic (exact) mass is 573 g/mol. The quantitative estimate of drug-likeness (QED) is 0.329. The van der Waals surface area contributed by atoms with E-state index in [0.717, 1.165) is 47.3 Å². The molecule has 4 aromatic rings. The smallest absolute Gasteiger partial charge is 0.407 e. The maximum atomic E-state index is 14.1. The van der Waals surface area contributed by atoms with E-state index in [1.54, 1.807) is 11.0 Å². The molecule has 7 rings (SSSR count). The number of amides is 2. The lowest BCUT2D eigenvalue weighted by Crippen LogP contribution is -2.50. The van der Waals surface area contributed by atoms with Gasteiger partial charge >= 0.3 is 6.09 Å². The van der Waals surface area contributed by atoms with E-state index < -0.39 is 11.7 Å². The van der Waals surface area contributed by atoms with E-state index in [4.69, 9.17) is 14.5 Å². The molecule has 2 aliphatic heterocycles. The van der Waals surface area contributed by atoms with Gasteiger partial charge in [-0.1, -0.05) is 0 Å². The van der Waals surface area contributed by atoms with Crippen molar-refractivity contribution in [2.24, 2.45) is 5.92 Å². The predicted octanol–water partition coefficient (Wildman–Crippen LogP) is 5.73. The molecule has 1 atom stereocenters. The van der Waals surface area contributed by atoms with Crippen LogP contribution in [-0.4, -0.2) is 62.4 Å². The largest absolute Gasteiger partial charge is 0.489 e. The number of nitrogens with one attached hydrogen (secondary N) is 1. The third-order valence-electron chi connectivity index (χ3n) is 8.29. The Kier molecular flexibility index (Phi) is 6.40. The van der Waals surface area contributed by atoms with E-state index in [1.165, 1.54) is 18.9 Å². The number of benzene rings is 2. The summed E-state index contributed by atoms with van der Waals surface area (Å²) >= 11 is 0. The van der Waals surface area contributed by atoms with Crippen molar-refractivity contribution in [3.63, 3.8) is 0 Å². The molecule has 2 fully saturated rings. The predicted molar refractivity (Wildman–Crippen MR) is 157 cm³/mol. The van der Waals surface area contributed by atoms with E-state index in [-0.39, 0.29) is 17.8 Å². The molecule has 1 saturated heterocycles. The lowest BCUT2D eigenvalue weighted by atomic mass is 10.0. The van der Waals surface area contributed by atoms with Gasteiger partial charge in [0.15, 0.2) is 5.82 Å². The molecule has 1 aliphatic carbocycles. The average molecular weight is 574 g/mol. The van der Waals surface area contributed by atoms with Crippen LogP contribution in [0.5, 0.6) is 5.75 Å². The van der Waals surface area contributed by atoms with Crippen molar-refractivity contribution >= 4 is 33.9 Å². The van der Waals surface area contributed by atoms with Crippen molar-refractivity contribution in [3.05, 3.63) is 47.8 Å². The average Bonchev–Trinajstić information content (AvgIpc) is 3.59. The number of fused-ring (bicyclic) bond motifs is 1. The second-order valence-corrected chi connectivity index (χ2v) is 12.8. The first-order chi connectivity index (χ1) is 20.1. The van der Waals surface area contributed by atoms with Gasteiger partial charge in [0.2, 0.25) is 0 Å². The molecular weight excluding hydrogens is 537 g/mol. The van der Waals surface area contributed by atoms with Crippen LogP contribution in [0.4, 0.5) is 9.18 Å². The van der Waals surface area contributed by atoms with Crippen molar-refractivity contribution in [2.45, 2.75) is 71.2 Å². The highest BCUT2D eigenvalue weighted by atomic mass is 19.1. The summed E-state index contributed by atoms with van der Waals surface area (Å²) in [6, 6.07) is 10.4. The molecule has 0 radical (unpaired) electrons. The van der Waals surface area contributed by atoms with Gasteiger partial charge in [0.05, 0.1) is 17.8 Å². The van der Waals surface area contributed by atoms with Crippen LogP contribution in [0.1, 0.15) is 56.8 Å². The van der Waals surface area contributed by atoms with Gasteiger partial charge in [-0.3, -0.25) is 4.79 Å². The lowest BCUT2D eigenvalue weighted by molar-refractivity contribution is 0.0452. The van der Waals surface area contributed by atoms with E-state index in [9.17, 15) is 14.0 Å². The van der Waals surface area contributed by atoms with Gasteiger partial charge in [-0.15, -0.1) is 0 Å². The number of hydrogen-bond acceptors (Lipinski definition) is 5. The van der Waals surface area contributed by atoms with Crippen molar-refractivity contribution in [1.29, 1.82) is 0 Å². The number of nitrogens with zero attached hydrogens (tertiary/aromatic N) is 4. The third kappa shape index (κ3) is 5.07. The summed E-state index contributed by atoms with van der Waals surface area (Å²) < 4.78 is 30.1. The van der Waals surface area contributed by atoms with Gasteiger partial charge < -0.3 is 28.8 Å². The molecule has 42 heavy (non-hydrogen) atoms. The van der Waals surface area contributed by atoms with Gasteiger partial charge in [0.25, 0.3) is 5.91 Å². The van der Waals surface area contributed by atoms with E-state index in [0.29, 0.717) is 49.0 Å². The maximum absolute atomic E-state index is 14.1. The molecule has 220 valence electrons. The molecule has 2 aromatic heterocycles. The molecule has 2 aromatic carbocycles. The molecule has 0 unspecified atom stereocenters. The number of hydrogen-bond donors (Lipinski definition) is 1. The first-order valence-corrected chi connectivity index (χ1v) is 14.9. The molecule has 1 N–H and O–H groups in total. The molecule has 0 spiro atoms. The molecule has 1 saturated carbocycles. The number of ether oxygens (including phenoxy) is 2. The van der Waals surface area contributed by atoms with E-state index >= 15 is 0 Å². The Morgan fingerprint density at radius 2 is 1.95 bits per heavy atom. The van der Waals surface area contributed by atoms with Crippen LogP contribution in [0.2, 0.25) is 0 Å². The number of halogens is 1. The van der Waals surface area contributed by atoms with Crippen LogP contribution < -0.4 is 10.1 Å². The summed E-state index contributed by atoms with van der Waals surface area (Å²) in [6.45, 7) is 8.46. The van der Waals surface area contributed by atoms with Crippen molar-refractivity contribution in [2.75, 3.05) is 19.7 Å². The summed E-state index contributed by atoms with van der Waals surface area (Å²) in [4.78, 5) is 32.9. The Morgan fingerprint density at radius 1 is 1.12 bits per heavy atom. The fourth-order valence-corrected chi connectivity index (χ4v) is 6.24. The van der Waals surface area contributed by atoms with Crippen LogP contribution in [0.15, 0.2) is 36.4 Å². The fourth-order valence-electron chi connectivity index (χ4n) is 6.24. The molecule has 3 aliphatic rings. The Balaban J connectivity index is 1.21. The van der Waals surface area contributed by atoms with Crippen LogP contribution >= 0.6 is 0 Å². The SMILES string of the molecule is CC(C)(C)OC(=O)N[C@@H]1CCCN(C(=O)c2cc3c4c(c2)nc(-c2cc5cc(F)ccc5n2CC2CC2)n4CCO3)C1. The first-order valence-electron chi connectivity index (χ1n) is 14.9. The molecule has 2 amide bonds. The number of imidazole rings is 1. The number of aromatic nitrogens is 3. The van der Waals surface area contributed by atoms with Crippen molar-refractivity contribution in [3.8, 4) is 17.3 Å². The lowest BCUT2D eigenvalue weighted by Gasteiger charge is -2.33. The zero-order chi connectivity index (χ0) is 29.2. The summed E-state index contributed by atoms with van der Waals surface area (Å²) in [6.07, 6.45) is 3.49. The molecular formula is C32H36FN5O4. The van der Waals surface area contributed by atoms with Gasteiger partial charge in [-0.05, 0) is 88.8 Å². The first kappa shape index (κ1) is 26.8. The normalized spacial score (nSPS) is 18.8. The topological polar surface area (TPSA) is 90.6 Å². The highest BCUT2D eigenvalue weighted by molar-refractivity contribution is 6.00. The fraction of sp³-hybridized carbons (Fsp3) is 0.469. The molecule has 9 nitrogen and oxygen atoms in total. The molecule has 0 bridgehead atoms. The minimum absolute atomic E-state index is 0.118. The van der Waals surface area contributed by atoms with Crippen LogP contribution in [0.3, 0.4) is 0 Å². The highest BCUT2D eigenvalue weighted by Crippen LogP contribution is 2.39. The Labute approximate surface area is 243 Å². The van der Waals surface area contributed by atoms with Gasteiger partial charge in [0.1, 0.15) is 29.3 Å². The van der Waals surface area contributed by atoms with Gasteiger partial charge in [-0.2, -0.15) is 0 Å². The second kappa shape index (κ2) is 10.0. The van der Waals surface area contributed by atoms with Crippen LogP contribution in [0, 0.1) is 11.7 Å². The number of carbonyl (C=O) groups excluding carboxylic acids is 2. The van der Waals surface area contributed by atoms with Crippen molar-refractivity contribution in [1.82, 2.24) is 24.3 Å².